The molecule has 0 atom stereocenters. The summed E-state index contributed by atoms with van der Waals surface area (Å²) in [5.74, 6) is 0.382. The van der Waals surface area contributed by atoms with Crippen LogP contribution in [0.3, 0.4) is 0 Å². The monoisotopic (exact) mass is 365 g/mol. The molecule has 138 valence electrons. The van der Waals surface area contributed by atoms with Crippen molar-refractivity contribution in [1.82, 2.24) is 24.9 Å². The molecular weight excluding hydrogens is 346 g/mol. The van der Waals surface area contributed by atoms with Crippen LogP contribution in [0.1, 0.15) is 21.7 Å². The van der Waals surface area contributed by atoms with Crippen molar-refractivity contribution in [2.45, 2.75) is 13.8 Å². The molecule has 2 amide bonds. The summed E-state index contributed by atoms with van der Waals surface area (Å²) in [4.78, 5) is 34.8. The van der Waals surface area contributed by atoms with Crippen molar-refractivity contribution >= 4 is 29.0 Å². The molecule has 1 saturated heterocycles. The van der Waals surface area contributed by atoms with E-state index in [0.717, 1.165) is 11.4 Å². The van der Waals surface area contributed by atoms with Gasteiger partial charge in [-0.05, 0) is 32.0 Å². The number of aromatic nitrogens is 4. The number of fused-ring (bicyclic) bond motifs is 1. The molecule has 0 spiro atoms. The molecule has 1 aliphatic rings. The molecule has 1 fully saturated rings. The summed E-state index contributed by atoms with van der Waals surface area (Å²) in [6.07, 6.45) is 3.09. The van der Waals surface area contributed by atoms with Gasteiger partial charge in [-0.3, -0.25) is 9.59 Å². The first-order valence-electron chi connectivity index (χ1n) is 8.62. The quantitative estimate of drug-likeness (QED) is 0.715. The van der Waals surface area contributed by atoms with E-state index >= 15 is 0 Å². The molecule has 3 aromatic heterocycles. The number of carbonyl (C=O) groups is 2. The number of pyridine rings is 1. The molecular formula is C18H19N7O2. The maximum Gasteiger partial charge on any atom is 0.261 e. The van der Waals surface area contributed by atoms with Crippen LogP contribution in [0.2, 0.25) is 0 Å². The van der Waals surface area contributed by atoms with Crippen molar-refractivity contribution in [1.29, 1.82) is 0 Å². The van der Waals surface area contributed by atoms with Crippen molar-refractivity contribution in [3.05, 3.63) is 47.5 Å². The molecule has 0 radical (unpaired) electrons. The summed E-state index contributed by atoms with van der Waals surface area (Å²) >= 11 is 0. The van der Waals surface area contributed by atoms with Gasteiger partial charge in [0.2, 0.25) is 5.91 Å². The Balaban J connectivity index is 1.52. The van der Waals surface area contributed by atoms with Crippen LogP contribution < -0.4 is 15.5 Å². The van der Waals surface area contributed by atoms with Crippen LogP contribution in [-0.2, 0) is 4.79 Å². The standard InChI is InChI=1S/C18H19N7O2/c1-11-7-12(2)25-17(22-11)14(9-21-25)18(27)23-13-3-4-15(20-8-13)24-6-5-19-16(26)10-24/h3-4,7-9H,5-6,10H2,1-2H3,(H,19,26)(H,23,27). The van der Waals surface area contributed by atoms with E-state index in [2.05, 4.69) is 25.7 Å². The Bertz CT molecular complexity index is 1030. The molecule has 0 aliphatic carbocycles. The highest BCUT2D eigenvalue weighted by Crippen LogP contribution is 2.17. The Morgan fingerprint density at radius 1 is 1.26 bits per heavy atom. The van der Waals surface area contributed by atoms with E-state index in [1.165, 1.54) is 6.20 Å². The third kappa shape index (κ3) is 3.31. The fourth-order valence-corrected chi connectivity index (χ4v) is 3.11. The minimum absolute atomic E-state index is 0.0217. The fourth-order valence-electron chi connectivity index (χ4n) is 3.11. The number of hydrogen-bond donors (Lipinski definition) is 2. The molecule has 9 nitrogen and oxygen atoms in total. The fraction of sp³-hybridized carbons (Fsp3) is 0.278. The SMILES string of the molecule is Cc1cc(C)n2ncc(C(=O)Nc3ccc(N4CCNC(=O)C4)nc3)c2n1. The van der Waals surface area contributed by atoms with Gasteiger partial charge in [-0.25, -0.2) is 14.5 Å². The smallest absolute Gasteiger partial charge is 0.261 e. The normalized spacial score (nSPS) is 14.3. The molecule has 0 bridgehead atoms. The maximum absolute atomic E-state index is 12.6. The number of rotatable bonds is 3. The highest BCUT2D eigenvalue weighted by atomic mass is 16.2. The first-order chi connectivity index (χ1) is 13.0. The number of aryl methyl sites for hydroxylation is 2. The van der Waals surface area contributed by atoms with E-state index in [4.69, 9.17) is 0 Å². The Hall–Kier alpha value is -3.49. The second kappa shape index (κ2) is 6.67. The van der Waals surface area contributed by atoms with Crippen LogP contribution in [0, 0.1) is 13.8 Å². The van der Waals surface area contributed by atoms with E-state index in [1.807, 2.05) is 24.8 Å². The predicted molar refractivity (Wildman–Crippen MR) is 99.9 cm³/mol. The van der Waals surface area contributed by atoms with Crippen LogP contribution in [0.25, 0.3) is 5.65 Å². The van der Waals surface area contributed by atoms with Gasteiger partial charge in [0.1, 0.15) is 11.4 Å². The number of amides is 2. The average molecular weight is 365 g/mol. The maximum atomic E-state index is 12.6. The van der Waals surface area contributed by atoms with Gasteiger partial charge in [-0.2, -0.15) is 5.10 Å². The van der Waals surface area contributed by atoms with Gasteiger partial charge >= 0.3 is 0 Å². The lowest BCUT2D eigenvalue weighted by molar-refractivity contribution is -0.120. The molecule has 4 rings (SSSR count). The van der Waals surface area contributed by atoms with E-state index in [-0.39, 0.29) is 18.4 Å². The number of piperazine rings is 1. The molecule has 2 N–H and O–H groups in total. The van der Waals surface area contributed by atoms with Crippen LogP contribution in [0.5, 0.6) is 0 Å². The zero-order chi connectivity index (χ0) is 19.0. The third-order valence-electron chi connectivity index (χ3n) is 4.39. The number of hydrogen-bond acceptors (Lipinski definition) is 6. The van der Waals surface area contributed by atoms with Gasteiger partial charge in [0, 0.05) is 24.5 Å². The summed E-state index contributed by atoms with van der Waals surface area (Å²) < 4.78 is 1.64. The van der Waals surface area contributed by atoms with Gasteiger partial charge in [0.25, 0.3) is 5.91 Å². The molecule has 0 saturated carbocycles. The van der Waals surface area contributed by atoms with E-state index in [0.29, 0.717) is 35.8 Å². The second-order valence-corrected chi connectivity index (χ2v) is 6.46. The first-order valence-corrected chi connectivity index (χ1v) is 8.62. The van der Waals surface area contributed by atoms with Crippen LogP contribution in [0.15, 0.2) is 30.6 Å². The van der Waals surface area contributed by atoms with Crippen LogP contribution in [0.4, 0.5) is 11.5 Å². The highest BCUT2D eigenvalue weighted by Gasteiger charge is 2.18. The number of carbonyl (C=O) groups excluding carboxylic acids is 2. The zero-order valence-corrected chi connectivity index (χ0v) is 15.1. The molecule has 0 unspecified atom stereocenters. The van der Waals surface area contributed by atoms with Crippen LogP contribution >= 0.6 is 0 Å². The average Bonchev–Trinajstić information content (AvgIpc) is 3.06. The highest BCUT2D eigenvalue weighted by molar-refractivity contribution is 6.08. The molecule has 3 aromatic rings. The van der Waals surface area contributed by atoms with E-state index in [9.17, 15) is 9.59 Å². The number of nitrogens with one attached hydrogen (secondary N) is 2. The Morgan fingerprint density at radius 3 is 2.85 bits per heavy atom. The summed E-state index contributed by atoms with van der Waals surface area (Å²) in [5.41, 5.74) is 3.22. The lowest BCUT2D eigenvalue weighted by Crippen LogP contribution is -2.48. The zero-order valence-electron chi connectivity index (χ0n) is 15.1. The Morgan fingerprint density at radius 2 is 2.11 bits per heavy atom. The second-order valence-electron chi connectivity index (χ2n) is 6.46. The van der Waals surface area contributed by atoms with E-state index < -0.39 is 0 Å². The molecule has 0 aromatic carbocycles. The van der Waals surface area contributed by atoms with Crippen molar-refractivity contribution in [3.63, 3.8) is 0 Å². The lowest BCUT2D eigenvalue weighted by Gasteiger charge is -2.27. The lowest BCUT2D eigenvalue weighted by atomic mass is 10.2. The van der Waals surface area contributed by atoms with Crippen molar-refractivity contribution in [2.24, 2.45) is 0 Å². The predicted octanol–water partition coefficient (Wildman–Crippen LogP) is 0.930. The summed E-state index contributed by atoms with van der Waals surface area (Å²) in [6.45, 7) is 5.38. The minimum atomic E-state index is -0.297. The Kier molecular flexibility index (Phi) is 4.19. The molecule has 27 heavy (non-hydrogen) atoms. The van der Waals surface area contributed by atoms with Gasteiger partial charge in [-0.15, -0.1) is 0 Å². The van der Waals surface area contributed by atoms with E-state index in [1.54, 1.807) is 22.8 Å². The summed E-state index contributed by atoms with van der Waals surface area (Å²) in [5, 5.41) is 9.84. The molecule has 9 heteroatoms. The number of anilines is 2. The topological polar surface area (TPSA) is 105 Å². The largest absolute Gasteiger partial charge is 0.353 e. The number of nitrogens with zero attached hydrogens (tertiary/aromatic N) is 5. The summed E-state index contributed by atoms with van der Waals surface area (Å²) in [6, 6.07) is 5.46. The Labute approximate surface area is 155 Å². The van der Waals surface area contributed by atoms with Gasteiger partial charge in [-0.1, -0.05) is 0 Å². The van der Waals surface area contributed by atoms with Crippen molar-refractivity contribution in [3.8, 4) is 0 Å². The van der Waals surface area contributed by atoms with Crippen molar-refractivity contribution < 1.29 is 9.59 Å². The van der Waals surface area contributed by atoms with Crippen molar-refractivity contribution in [2.75, 3.05) is 29.9 Å². The first kappa shape index (κ1) is 17.0. The molecule has 4 heterocycles. The minimum Gasteiger partial charge on any atom is -0.353 e. The molecule has 1 aliphatic heterocycles. The van der Waals surface area contributed by atoms with Gasteiger partial charge in [0.15, 0.2) is 5.65 Å². The van der Waals surface area contributed by atoms with Gasteiger partial charge in [0.05, 0.1) is 24.6 Å². The third-order valence-corrected chi connectivity index (χ3v) is 4.39. The van der Waals surface area contributed by atoms with Crippen LogP contribution in [-0.4, -0.2) is 51.0 Å². The summed E-state index contributed by atoms with van der Waals surface area (Å²) in [7, 11) is 0. The van der Waals surface area contributed by atoms with Gasteiger partial charge < -0.3 is 15.5 Å².